The molecule has 0 amide bonds. The minimum Gasteiger partial charge on any atom is -0.497 e. The quantitative estimate of drug-likeness (QED) is 0.616. The molecule has 0 fully saturated rings. The van der Waals surface area contributed by atoms with Gasteiger partial charge >= 0.3 is 5.69 Å². The number of hydrogen-bond donors (Lipinski definition) is 0. The zero-order valence-electron chi connectivity index (χ0n) is 17.3. The molecule has 3 heterocycles. The Morgan fingerprint density at radius 3 is 2.60 bits per heavy atom. The number of methoxy groups -OCH3 is 2. The number of carbonyl (C=O) groups excluding carboxylic acids is 1. The number of carbonyl (C=O) groups is 1. The lowest BCUT2D eigenvalue weighted by Crippen LogP contribution is -2.41. The van der Waals surface area contributed by atoms with Gasteiger partial charge in [0.05, 0.1) is 26.5 Å². The average molecular weight is 413 g/mol. The largest absolute Gasteiger partial charge is 0.497 e. The minimum atomic E-state index is -0.566. The topological polar surface area (TPSA) is 101 Å². The van der Waals surface area contributed by atoms with E-state index in [2.05, 4.69) is 4.98 Å². The fourth-order valence-corrected chi connectivity index (χ4v) is 3.86. The molecule has 1 aliphatic rings. The van der Waals surface area contributed by atoms with E-state index < -0.39 is 11.2 Å². The Bertz CT molecular complexity index is 1270. The monoisotopic (exact) mass is 413 g/mol. The summed E-state index contributed by atoms with van der Waals surface area (Å²) in [6, 6.07) is 5.46. The van der Waals surface area contributed by atoms with E-state index in [1.807, 2.05) is 17.0 Å². The molecule has 10 heteroatoms. The van der Waals surface area contributed by atoms with Crippen LogP contribution in [0.1, 0.15) is 13.3 Å². The van der Waals surface area contributed by atoms with E-state index in [-0.39, 0.29) is 18.0 Å². The third-order valence-corrected chi connectivity index (χ3v) is 5.27. The summed E-state index contributed by atoms with van der Waals surface area (Å²) in [5.41, 5.74) is 0.265. The zero-order valence-corrected chi connectivity index (χ0v) is 17.3. The summed E-state index contributed by atoms with van der Waals surface area (Å²) in [5.74, 6) is 1.57. The van der Waals surface area contributed by atoms with E-state index in [0.29, 0.717) is 36.1 Å². The first-order chi connectivity index (χ1) is 14.4. The fraction of sp³-hybridized carbons (Fsp3) is 0.400. The van der Waals surface area contributed by atoms with E-state index in [1.165, 1.54) is 11.5 Å². The number of benzene rings is 1. The molecule has 0 saturated carbocycles. The molecular formula is C20H23N5O5. The summed E-state index contributed by atoms with van der Waals surface area (Å²) in [6.07, 6.45) is 0.758. The van der Waals surface area contributed by atoms with Gasteiger partial charge < -0.3 is 18.9 Å². The Kier molecular flexibility index (Phi) is 4.84. The van der Waals surface area contributed by atoms with Gasteiger partial charge in [-0.15, -0.1) is 0 Å². The maximum absolute atomic E-state index is 13.1. The molecule has 158 valence electrons. The second kappa shape index (κ2) is 7.36. The Morgan fingerprint density at radius 2 is 1.93 bits per heavy atom. The van der Waals surface area contributed by atoms with E-state index in [1.54, 1.807) is 31.9 Å². The number of ether oxygens (including phenoxy) is 2. The van der Waals surface area contributed by atoms with Gasteiger partial charge in [-0.25, -0.2) is 4.79 Å². The lowest BCUT2D eigenvalue weighted by atomic mass is 10.2. The molecule has 0 saturated heterocycles. The molecule has 0 bridgehead atoms. The molecule has 10 nitrogen and oxygen atoms in total. The number of fused-ring (bicyclic) bond motifs is 3. The number of anilines is 2. The van der Waals surface area contributed by atoms with Crippen LogP contribution in [0.5, 0.6) is 11.5 Å². The van der Waals surface area contributed by atoms with Crippen LogP contribution < -0.4 is 25.6 Å². The van der Waals surface area contributed by atoms with Crippen molar-refractivity contribution < 1.29 is 14.3 Å². The van der Waals surface area contributed by atoms with Crippen LogP contribution in [-0.2, 0) is 24.9 Å². The summed E-state index contributed by atoms with van der Waals surface area (Å²) < 4.78 is 15.0. The molecule has 1 aliphatic heterocycles. The molecular weight excluding hydrogens is 390 g/mol. The summed E-state index contributed by atoms with van der Waals surface area (Å²) in [4.78, 5) is 44.0. The van der Waals surface area contributed by atoms with Gasteiger partial charge in [0, 0.05) is 26.2 Å². The van der Waals surface area contributed by atoms with E-state index in [0.717, 1.165) is 16.7 Å². The number of ketones is 1. The van der Waals surface area contributed by atoms with E-state index >= 15 is 0 Å². The normalized spacial score (nSPS) is 13.4. The molecule has 2 aromatic heterocycles. The minimum absolute atomic E-state index is 0.268. The molecule has 30 heavy (non-hydrogen) atoms. The van der Waals surface area contributed by atoms with Crippen LogP contribution in [0.15, 0.2) is 27.8 Å². The van der Waals surface area contributed by atoms with Crippen LogP contribution in [0.4, 0.5) is 11.6 Å². The highest BCUT2D eigenvalue weighted by Gasteiger charge is 2.28. The first-order valence-electron chi connectivity index (χ1n) is 9.56. The average Bonchev–Trinajstić information content (AvgIpc) is 3.14. The van der Waals surface area contributed by atoms with Crippen molar-refractivity contribution in [2.45, 2.75) is 26.4 Å². The predicted molar refractivity (Wildman–Crippen MR) is 111 cm³/mol. The van der Waals surface area contributed by atoms with Crippen molar-refractivity contribution in [3.63, 3.8) is 0 Å². The zero-order chi connectivity index (χ0) is 21.6. The second-order valence-corrected chi connectivity index (χ2v) is 7.21. The third-order valence-electron chi connectivity index (χ3n) is 5.27. The maximum atomic E-state index is 13.1. The van der Waals surface area contributed by atoms with Crippen molar-refractivity contribution in [1.82, 2.24) is 18.7 Å². The number of nitrogens with zero attached hydrogens (tertiary/aromatic N) is 5. The molecule has 0 unspecified atom stereocenters. The molecule has 3 aromatic rings. The van der Waals surface area contributed by atoms with Crippen LogP contribution in [0.3, 0.4) is 0 Å². The Morgan fingerprint density at radius 1 is 1.17 bits per heavy atom. The highest BCUT2D eigenvalue weighted by atomic mass is 16.5. The molecule has 0 N–H and O–H groups in total. The summed E-state index contributed by atoms with van der Waals surface area (Å²) in [6.45, 7) is 2.30. The number of Topliss-reactive ketones (excluding diaryl/α,β-unsaturated/α-hetero) is 1. The number of aromatic nitrogens is 4. The van der Waals surface area contributed by atoms with Crippen molar-refractivity contribution in [2.24, 2.45) is 7.05 Å². The van der Waals surface area contributed by atoms with Crippen molar-refractivity contribution in [3.05, 3.63) is 39.0 Å². The van der Waals surface area contributed by atoms with Crippen LogP contribution in [0.2, 0.25) is 0 Å². The second-order valence-electron chi connectivity index (χ2n) is 7.21. The Labute approximate surface area is 171 Å². The summed E-state index contributed by atoms with van der Waals surface area (Å²) in [5, 5.41) is 0. The van der Waals surface area contributed by atoms with Crippen molar-refractivity contribution in [2.75, 3.05) is 25.7 Å². The van der Waals surface area contributed by atoms with Crippen molar-refractivity contribution in [3.8, 4) is 11.5 Å². The van der Waals surface area contributed by atoms with Crippen LogP contribution in [-0.4, -0.2) is 45.2 Å². The van der Waals surface area contributed by atoms with Gasteiger partial charge in [0.25, 0.3) is 5.56 Å². The van der Waals surface area contributed by atoms with Gasteiger partial charge in [-0.3, -0.25) is 18.7 Å². The van der Waals surface area contributed by atoms with Gasteiger partial charge in [0.2, 0.25) is 5.95 Å². The molecule has 1 aromatic carbocycles. The Hall–Kier alpha value is -3.56. The van der Waals surface area contributed by atoms with Gasteiger partial charge in [-0.05, 0) is 25.5 Å². The van der Waals surface area contributed by atoms with E-state index in [4.69, 9.17) is 9.47 Å². The maximum Gasteiger partial charge on any atom is 0.332 e. The van der Waals surface area contributed by atoms with Gasteiger partial charge in [0.15, 0.2) is 11.2 Å². The van der Waals surface area contributed by atoms with Crippen molar-refractivity contribution >= 4 is 28.6 Å². The van der Waals surface area contributed by atoms with Gasteiger partial charge in [-0.2, -0.15) is 4.98 Å². The van der Waals surface area contributed by atoms with Crippen molar-refractivity contribution in [1.29, 1.82) is 0 Å². The molecule has 0 radical (unpaired) electrons. The lowest BCUT2D eigenvalue weighted by molar-refractivity contribution is -0.117. The number of rotatable bonds is 5. The van der Waals surface area contributed by atoms with Crippen LogP contribution in [0.25, 0.3) is 11.2 Å². The SMILES string of the molecule is COc1ccc(OC)c(N2CCCn3c2nc2c3c(=O)n(CC(C)=O)c(=O)n2C)c1. The number of hydrogen-bond acceptors (Lipinski definition) is 7. The molecule has 0 aliphatic carbocycles. The summed E-state index contributed by atoms with van der Waals surface area (Å²) in [7, 11) is 4.73. The highest BCUT2D eigenvalue weighted by Crippen LogP contribution is 2.38. The fourth-order valence-electron chi connectivity index (χ4n) is 3.86. The standard InChI is InChI=1S/C20H23N5O5/c1-12(26)11-25-18(27)16-17(22(2)20(25)28)21-19-23(8-5-9-24(16)19)14-10-13(29-3)6-7-15(14)30-4/h6-7,10H,5,8-9,11H2,1-4H3. The molecule has 4 rings (SSSR count). The van der Waals surface area contributed by atoms with E-state index in [9.17, 15) is 14.4 Å². The predicted octanol–water partition coefficient (Wildman–Crippen LogP) is 1.04. The van der Waals surface area contributed by atoms with Crippen LogP contribution >= 0.6 is 0 Å². The first kappa shape index (κ1) is 19.7. The first-order valence-corrected chi connectivity index (χ1v) is 9.56. The summed E-state index contributed by atoms with van der Waals surface area (Å²) >= 11 is 0. The molecule has 0 spiro atoms. The smallest absolute Gasteiger partial charge is 0.332 e. The van der Waals surface area contributed by atoms with Gasteiger partial charge in [-0.1, -0.05) is 0 Å². The van der Waals surface area contributed by atoms with Crippen LogP contribution in [0, 0.1) is 0 Å². The van der Waals surface area contributed by atoms with Gasteiger partial charge in [0.1, 0.15) is 17.3 Å². The number of aryl methyl sites for hydroxylation is 2. The number of imidazole rings is 1. The Balaban J connectivity index is 1.99. The third kappa shape index (κ3) is 2.95. The highest BCUT2D eigenvalue weighted by molar-refractivity contribution is 5.79. The molecule has 0 atom stereocenters. The lowest BCUT2D eigenvalue weighted by Gasteiger charge is -2.30.